The largest absolute Gasteiger partial charge is 0.0622 e. The molecular formula is C44H28Br4. The average molecular weight is 876 g/mol. The fourth-order valence-corrected chi connectivity index (χ4v) is 8.61. The summed E-state index contributed by atoms with van der Waals surface area (Å²) in [5.41, 5.74) is 9.78. The topological polar surface area (TPSA) is 0 Å². The van der Waals surface area contributed by atoms with E-state index < -0.39 is 0 Å². The molecule has 8 rings (SSSR count). The number of benzene rings is 8. The van der Waals surface area contributed by atoms with Crippen LogP contribution in [0.25, 0.3) is 66.1 Å². The Morgan fingerprint density at radius 1 is 0.271 bits per heavy atom. The molecule has 0 spiro atoms. The van der Waals surface area contributed by atoms with Crippen molar-refractivity contribution in [2.24, 2.45) is 0 Å². The quantitative estimate of drug-likeness (QED) is 0.165. The summed E-state index contributed by atoms with van der Waals surface area (Å²) in [4.78, 5) is 0. The monoisotopic (exact) mass is 872 g/mol. The molecule has 0 aliphatic carbocycles. The van der Waals surface area contributed by atoms with Crippen LogP contribution in [0.4, 0.5) is 0 Å². The first-order valence-electron chi connectivity index (χ1n) is 15.5. The Labute approximate surface area is 315 Å². The Bertz CT molecular complexity index is 2180. The van der Waals surface area contributed by atoms with Crippen LogP contribution in [0.2, 0.25) is 0 Å². The zero-order chi connectivity index (χ0) is 33.0. The highest BCUT2D eigenvalue weighted by molar-refractivity contribution is 9.11. The zero-order valence-corrected chi connectivity index (χ0v) is 32.0. The Morgan fingerprint density at radius 2 is 0.562 bits per heavy atom. The molecule has 0 fully saturated rings. The molecular weight excluding hydrogens is 848 g/mol. The average Bonchev–Trinajstić information content (AvgIpc) is 3.16. The molecule has 8 aromatic rings. The van der Waals surface area contributed by atoms with Crippen LogP contribution >= 0.6 is 63.7 Å². The van der Waals surface area contributed by atoms with Crippen LogP contribution in [-0.4, -0.2) is 0 Å². The lowest BCUT2D eigenvalue weighted by molar-refractivity contribution is 1.57. The van der Waals surface area contributed by atoms with Crippen LogP contribution in [0, 0.1) is 0 Å². The van der Waals surface area contributed by atoms with Gasteiger partial charge in [0.15, 0.2) is 0 Å². The van der Waals surface area contributed by atoms with Crippen molar-refractivity contribution in [1.29, 1.82) is 0 Å². The van der Waals surface area contributed by atoms with E-state index >= 15 is 0 Å². The number of halogens is 4. The van der Waals surface area contributed by atoms with Gasteiger partial charge in [-0.15, -0.1) is 0 Å². The smallest absolute Gasteiger partial charge is 0.0339 e. The van der Waals surface area contributed by atoms with Crippen LogP contribution in [0.1, 0.15) is 0 Å². The van der Waals surface area contributed by atoms with Gasteiger partial charge in [-0.25, -0.2) is 0 Å². The van der Waals surface area contributed by atoms with Crippen molar-refractivity contribution in [2.45, 2.75) is 0 Å². The summed E-state index contributed by atoms with van der Waals surface area (Å²) < 4.78 is 4.48. The molecule has 0 saturated carbocycles. The highest BCUT2D eigenvalue weighted by Gasteiger charge is 2.19. The number of fused-ring (bicyclic) bond motifs is 2. The van der Waals surface area contributed by atoms with Gasteiger partial charge < -0.3 is 0 Å². The second kappa shape index (κ2) is 14.8. The predicted octanol–water partition coefficient (Wildman–Crippen LogP) is 15.4. The van der Waals surface area contributed by atoms with Gasteiger partial charge in [-0.3, -0.25) is 0 Å². The van der Waals surface area contributed by atoms with Crippen LogP contribution in [0.3, 0.4) is 0 Å². The van der Waals surface area contributed by atoms with Crippen molar-refractivity contribution in [3.8, 4) is 44.5 Å². The maximum atomic E-state index is 3.88. The second-order valence-corrected chi connectivity index (χ2v) is 14.7. The molecule has 48 heavy (non-hydrogen) atoms. The van der Waals surface area contributed by atoms with Crippen LogP contribution in [0.5, 0.6) is 0 Å². The van der Waals surface area contributed by atoms with E-state index in [0.717, 1.165) is 17.9 Å². The van der Waals surface area contributed by atoms with E-state index in [0.29, 0.717) is 0 Å². The van der Waals surface area contributed by atoms with Crippen molar-refractivity contribution < 1.29 is 0 Å². The number of hydrogen-bond acceptors (Lipinski definition) is 0. The minimum atomic E-state index is 1.11. The van der Waals surface area contributed by atoms with Crippen LogP contribution < -0.4 is 0 Å². The third kappa shape index (κ3) is 6.60. The van der Waals surface area contributed by atoms with Crippen molar-refractivity contribution in [3.05, 3.63) is 188 Å². The van der Waals surface area contributed by atoms with Gasteiger partial charge >= 0.3 is 0 Å². The van der Waals surface area contributed by atoms with Crippen LogP contribution in [-0.2, 0) is 0 Å². The fraction of sp³-hybridized carbons (Fsp3) is 0. The third-order valence-electron chi connectivity index (χ3n) is 8.43. The van der Waals surface area contributed by atoms with E-state index in [2.05, 4.69) is 234 Å². The minimum absolute atomic E-state index is 1.11. The summed E-state index contributed by atoms with van der Waals surface area (Å²) >= 11 is 15.2. The standard InChI is InChI=1S/2C22H14Br2/c23-21-17-13-7-8-14-18(17)22(24)20(16-11-5-2-6-12-16)19(21)15-9-3-1-4-10-15;23-21-11-12-22(24)20-14-18(16-9-5-2-6-10-16)17(13-19(20)21)15-7-3-1-4-8-15/h2*1-14H. The van der Waals surface area contributed by atoms with E-state index in [9.17, 15) is 0 Å². The Kier molecular flexibility index (Phi) is 10.1. The molecule has 0 heterocycles. The summed E-state index contributed by atoms with van der Waals surface area (Å²) in [5.74, 6) is 0. The van der Waals surface area contributed by atoms with Gasteiger partial charge in [0.05, 0.1) is 0 Å². The number of rotatable bonds is 4. The lowest BCUT2D eigenvalue weighted by atomic mass is 9.91. The molecule has 0 saturated heterocycles. The van der Waals surface area contributed by atoms with Gasteiger partial charge in [0.2, 0.25) is 0 Å². The number of hydrogen-bond donors (Lipinski definition) is 0. The summed E-state index contributed by atoms with van der Waals surface area (Å²) in [6, 6.07) is 59.4. The predicted molar refractivity (Wildman–Crippen MR) is 220 cm³/mol. The first kappa shape index (κ1) is 32.7. The molecule has 0 aliphatic heterocycles. The molecule has 0 radical (unpaired) electrons. The molecule has 0 aromatic heterocycles. The maximum absolute atomic E-state index is 3.88. The minimum Gasteiger partial charge on any atom is -0.0622 e. The highest BCUT2D eigenvalue weighted by Crippen LogP contribution is 2.47. The molecule has 4 heteroatoms. The van der Waals surface area contributed by atoms with Gasteiger partial charge in [-0.2, -0.15) is 0 Å². The molecule has 0 aliphatic rings. The molecule has 0 unspecified atom stereocenters. The molecule has 0 nitrogen and oxygen atoms in total. The van der Waals surface area contributed by atoms with Gasteiger partial charge in [0.1, 0.15) is 0 Å². The highest BCUT2D eigenvalue weighted by atomic mass is 79.9. The summed E-state index contributed by atoms with van der Waals surface area (Å²) in [5, 5.41) is 4.84. The lowest BCUT2D eigenvalue weighted by Crippen LogP contribution is -1.91. The Balaban J connectivity index is 0.000000152. The van der Waals surface area contributed by atoms with E-state index in [-0.39, 0.29) is 0 Å². The Morgan fingerprint density at radius 3 is 0.896 bits per heavy atom. The second-order valence-electron chi connectivity index (χ2n) is 11.4. The molecule has 8 aromatic carbocycles. The normalized spacial score (nSPS) is 10.9. The zero-order valence-electron chi connectivity index (χ0n) is 25.7. The maximum Gasteiger partial charge on any atom is 0.0339 e. The molecule has 232 valence electrons. The Hall–Kier alpha value is -3.80. The lowest BCUT2D eigenvalue weighted by Gasteiger charge is -2.18. The molecule has 0 amide bonds. The molecule has 0 bridgehead atoms. The van der Waals surface area contributed by atoms with Crippen molar-refractivity contribution in [2.75, 3.05) is 0 Å². The molecule has 0 atom stereocenters. The van der Waals surface area contributed by atoms with Crippen molar-refractivity contribution in [3.63, 3.8) is 0 Å². The van der Waals surface area contributed by atoms with E-state index in [4.69, 9.17) is 0 Å². The summed E-state index contributed by atoms with van der Waals surface area (Å²) in [6.07, 6.45) is 0. The third-order valence-corrected chi connectivity index (χ3v) is 11.5. The fourth-order valence-electron chi connectivity index (χ4n) is 6.14. The van der Waals surface area contributed by atoms with Crippen molar-refractivity contribution in [1.82, 2.24) is 0 Å². The van der Waals surface area contributed by atoms with Gasteiger partial charge in [0, 0.05) is 29.0 Å². The van der Waals surface area contributed by atoms with E-state index in [1.54, 1.807) is 0 Å². The van der Waals surface area contributed by atoms with Crippen LogP contribution in [0.15, 0.2) is 188 Å². The molecule has 0 N–H and O–H groups in total. The SMILES string of the molecule is Brc1c(-c2ccccc2)c(-c2ccccc2)c(Br)c2ccccc12.Brc1ccc(Br)c2cc(-c3ccccc3)c(-c3ccccc3)cc12. The van der Waals surface area contributed by atoms with E-state index in [1.165, 1.54) is 66.1 Å². The first-order chi connectivity index (χ1) is 23.5. The first-order valence-corrected chi connectivity index (χ1v) is 18.7. The summed E-state index contributed by atoms with van der Waals surface area (Å²) in [6.45, 7) is 0. The van der Waals surface area contributed by atoms with Gasteiger partial charge in [-0.05, 0) is 111 Å². The van der Waals surface area contributed by atoms with Gasteiger partial charge in [0.25, 0.3) is 0 Å². The van der Waals surface area contributed by atoms with E-state index in [1.807, 2.05) is 0 Å². The summed E-state index contributed by atoms with van der Waals surface area (Å²) in [7, 11) is 0. The van der Waals surface area contributed by atoms with Crippen molar-refractivity contribution >= 4 is 85.3 Å². The van der Waals surface area contributed by atoms with Gasteiger partial charge in [-0.1, -0.05) is 177 Å².